The lowest BCUT2D eigenvalue weighted by atomic mass is 10.2. The number of halogens is 2. The van der Waals surface area contributed by atoms with E-state index in [-0.39, 0.29) is 0 Å². The topological polar surface area (TPSA) is 15.3 Å². The van der Waals surface area contributed by atoms with Gasteiger partial charge in [0.2, 0.25) is 0 Å². The van der Waals surface area contributed by atoms with Crippen molar-refractivity contribution in [3.63, 3.8) is 0 Å². The van der Waals surface area contributed by atoms with Crippen LogP contribution in [0, 0.1) is 11.6 Å². The highest BCUT2D eigenvalue weighted by molar-refractivity contribution is 7.09. The van der Waals surface area contributed by atoms with E-state index in [1.807, 2.05) is 17.5 Å². The van der Waals surface area contributed by atoms with Crippen LogP contribution in [0.5, 0.6) is 0 Å². The first-order valence-corrected chi connectivity index (χ1v) is 6.62. The van der Waals surface area contributed by atoms with Crippen molar-refractivity contribution in [3.8, 4) is 0 Å². The van der Waals surface area contributed by atoms with Crippen LogP contribution >= 0.6 is 11.3 Å². The normalized spacial score (nSPS) is 14.2. The fraction of sp³-hybridized carbons (Fsp3) is 0.231. The van der Waals surface area contributed by atoms with E-state index in [1.54, 1.807) is 11.3 Å². The minimum Gasteiger partial charge on any atom is -0.382 e. The van der Waals surface area contributed by atoms with E-state index < -0.39 is 11.6 Å². The molecule has 1 aliphatic heterocycles. The van der Waals surface area contributed by atoms with Gasteiger partial charge in [-0.05, 0) is 11.4 Å². The largest absolute Gasteiger partial charge is 0.382 e. The SMILES string of the molecule is Fc1cc2c(cc1F)N(Cc1cccs1)CCN2. The molecule has 0 saturated heterocycles. The van der Waals surface area contributed by atoms with Gasteiger partial charge in [-0.1, -0.05) is 6.07 Å². The Balaban J connectivity index is 1.93. The number of rotatable bonds is 2. The van der Waals surface area contributed by atoms with Gasteiger partial charge in [0.1, 0.15) is 0 Å². The predicted molar refractivity (Wildman–Crippen MR) is 70.2 cm³/mol. The first-order valence-electron chi connectivity index (χ1n) is 5.74. The molecule has 2 aromatic rings. The molecule has 1 N–H and O–H groups in total. The third-order valence-electron chi connectivity index (χ3n) is 3.00. The lowest BCUT2D eigenvalue weighted by Crippen LogP contribution is -2.33. The minimum atomic E-state index is -0.806. The molecule has 2 heterocycles. The number of benzene rings is 1. The number of nitrogens with one attached hydrogen (secondary N) is 1. The summed E-state index contributed by atoms with van der Waals surface area (Å²) in [5.41, 5.74) is 1.39. The summed E-state index contributed by atoms with van der Waals surface area (Å²) in [5.74, 6) is -1.60. The molecule has 94 valence electrons. The first-order chi connectivity index (χ1) is 8.74. The molecule has 0 radical (unpaired) electrons. The van der Waals surface area contributed by atoms with E-state index in [1.165, 1.54) is 17.0 Å². The van der Waals surface area contributed by atoms with Crippen molar-refractivity contribution in [2.75, 3.05) is 23.3 Å². The molecule has 1 aromatic carbocycles. The Bertz CT molecular complexity index is 554. The number of anilines is 2. The van der Waals surface area contributed by atoms with Gasteiger partial charge in [-0.2, -0.15) is 0 Å². The Morgan fingerprint density at radius 2 is 2.11 bits per heavy atom. The fourth-order valence-corrected chi connectivity index (χ4v) is 2.86. The van der Waals surface area contributed by atoms with Crippen molar-refractivity contribution in [2.24, 2.45) is 0 Å². The molecule has 0 unspecified atom stereocenters. The Hall–Kier alpha value is -1.62. The summed E-state index contributed by atoms with van der Waals surface area (Å²) in [6, 6.07) is 6.54. The molecule has 1 aliphatic rings. The average molecular weight is 266 g/mol. The average Bonchev–Trinajstić information content (AvgIpc) is 2.84. The van der Waals surface area contributed by atoms with Gasteiger partial charge in [-0.25, -0.2) is 8.78 Å². The second kappa shape index (κ2) is 4.57. The van der Waals surface area contributed by atoms with Crippen LogP contribution in [-0.4, -0.2) is 13.1 Å². The summed E-state index contributed by atoms with van der Waals surface area (Å²) in [5, 5.41) is 5.11. The van der Waals surface area contributed by atoms with Gasteiger partial charge >= 0.3 is 0 Å². The summed E-state index contributed by atoms with van der Waals surface area (Å²) in [7, 11) is 0. The van der Waals surface area contributed by atoms with Crippen molar-refractivity contribution >= 4 is 22.7 Å². The molecule has 2 nitrogen and oxygen atoms in total. The van der Waals surface area contributed by atoms with Crippen LogP contribution in [0.2, 0.25) is 0 Å². The van der Waals surface area contributed by atoms with E-state index in [0.717, 1.165) is 25.3 Å². The quantitative estimate of drug-likeness (QED) is 0.895. The number of fused-ring (bicyclic) bond motifs is 1. The molecule has 0 aliphatic carbocycles. The predicted octanol–water partition coefficient (Wildman–Crippen LogP) is 3.46. The lowest BCUT2D eigenvalue weighted by molar-refractivity contribution is 0.508. The second-order valence-electron chi connectivity index (χ2n) is 4.21. The van der Waals surface area contributed by atoms with E-state index >= 15 is 0 Å². The van der Waals surface area contributed by atoms with Crippen LogP contribution in [0.25, 0.3) is 0 Å². The van der Waals surface area contributed by atoms with Crippen molar-refractivity contribution in [1.29, 1.82) is 0 Å². The molecule has 0 atom stereocenters. The van der Waals surface area contributed by atoms with Gasteiger partial charge in [0.05, 0.1) is 17.9 Å². The van der Waals surface area contributed by atoms with Crippen molar-refractivity contribution in [1.82, 2.24) is 0 Å². The van der Waals surface area contributed by atoms with Crippen molar-refractivity contribution < 1.29 is 8.78 Å². The zero-order valence-electron chi connectivity index (χ0n) is 9.62. The molecule has 1 aromatic heterocycles. The third kappa shape index (κ3) is 2.06. The highest BCUT2D eigenvalue weighted by Gasteiger charge is 2.19. The monoisotopic (exact) mass is 266 g/mol. The third-order valence-corrected chi connectivity index (χ3v) is 3.86. The molecule has 0 fully saturated rings. The van der Waals surface area contributed by atoms with E-state index in [4.69, 9.17) is 0 Å². The Morgan fingerprint density at radius 1 is 1.28 bits per heavy atom. The van der Waals surface area contributed by atoms with Crippen LogP contribution in [0.1, 0.15) is 4.88 Å². The number of thiophene rings is 1. The first kappa shape index (κ1) is 11.5. The van der Waals surface area contributed by atoms with E-state index in [0.29, 0.717) is 5.69 Å². The summed E-state index contributed by atoms with van der Waals surface area (Å²) in [4.78, 5) is 3.28. The zero-order valence-corrected chi connectivity index (χ0v) is 10.4. The van der Waals surface area contributed by atoms with Crippen molar-refractivity contribution in [2.45, 2.75) is 6.54 Å². The highest BCUT2D eigenvalue weighted by atomic mass is 32.1. The Kier molecular flexibility index (Phi) is 2.91. The Labute approximate surface area is 108 Å². The number of hydrogen-bond donors (Lipinski definition) is 1. The summed E-state index contributed by atoms with van der Waals surface area (Å²) >= 11 is 1.67. The van der Waals surface area contributed by atoms with Gasteiger partial charge in [0, 0.05) is 30.1 Å². The molecule has 0 saturated carbocycles. The molecule has 3 rings (SSSR count). The standard InChI is InChI=1S/C13H12F2N2S/c14-10-6-12-13(7-11(10)15)17(4-3-16-12)8-9-2-1-5-18-9/h1-2,5-7,16H,3-4,8H2. The smallest absolute Gasteiger partial charge is 0.161 e. The maximum atomic E-state index is 13.3. The zero-order chi connectivity index (χ0) is 12.5. The van der Waals surface area contributed by atoms with Gasteiger partial charge < -0.3 is 10.2 Å². The molecular weight excluding hydrogens is 254 g/mol. The Morgan fingerprint density at radius 3 is 2.89 bits per heavy atom. The maximum Gasteiger partial charge on any atom is 0.161 e. The van der Waals surface area contributed by atoms with Crippen molar-refractivity contribution in [3.05, 3.63) is 46.2 Å². The molecule has 0 spiro atoms. The maximum absolute atomic E-state index is 13.3. The van der Waals surface area contributed by atoms with E-state index in [2.05, 4.69) is 10.2 Å². The van der Waals surface area contributed by atoms with E-state index in [9.17, 15) is 8.78 Å². The molecular formula is C13H12F2N2S. The van der Waals surface area contributed by atoms with Crippen LogP contribution < -0.4 is 10.2 Å². The van der Waals surface area contributed by atoms with Gasteiger partial charge in [-0.15, -0.1) is 11.3 Å². The fourth-order valence-electron chi connectivity index (χ4n) is 2.14. The molecule has 18 heavy (non-hydrogen) atoms. The summed E-state index contributed by atoms with van der Waals surface area (Å²) < 4.78 is 26.5. The van der Waals surface area contributed by atoms with Crippen LogP contribution in [0.4, 0.5) is 20.2 Å². The van der Waals surface area contributed by atoms with Crippen LogP contribution in [-0.2, 0) is 6.54 Å². The van der Waals surface area contributed by atoms with Gasteiger partial charge in [0.15, 0.2) is 11.6 Å². The summed E-state index contributed by atoms with van der Waals surface area (Å²) in [6.45, 7) is 2.26. The second-order valence-corrected chi connectivity index (χ2v) is 5.24. The lowest BCUT2D eigenvalue weighted by Gasteiger charge is -2.31. The van der Waals surface area contributed by atoms with Gasteiger partial charge in [-0.3, -0.25) is 0 Å². The van der Waals surface area contributed by atoms with Crippen LogP contribution in [0.3, 0.4) is 0 Å². The summed E-state index contributed by atoms with van der Waals surface area (Å²) in [6.07, 6.45) is 0. The van der Waals surface area contributed by atoms with Gasteiger partial charge in [0.25, 0.3) is 0 Å². The molecule has 0 bridgehead atoms. The molecule has 0 amide bonds. The van der Waals surface area contributed by atoms with Crippen LogP contribution in [0.15, 0.2) is 29.6 Å². The minimum absolute atomic E-state index is 0.664. The number of nitrogens with zero attached hydrogens (tertiary/aromatic N) is 1. The molecule has 5 heteroatoms. The highest BCUT2D eigenvalue weighted by Crippen LogP contribution is 2.32. The number of hydrogen-bond acceptors (Lipinski definition) is 3.